The zero-order chi connectivity index (χ0) is 60.5. The lowest BCUT2D eigenvalue weighted by molar-refractivity contribution is -0.119. The van der Waals surface area contributed by atoms with Crippen molar-refractivity contribution in [1.82, 2.24) is 119 Å². The van der Waals surface area contributed by atoms with E-state index >= 15 is 0 Å². The highest BCUT2D eigenvalue weighted by molar-refractivity contribution is 6.47. The number of H-pyrrole nitrogens is 2. The molecule has 0 aliphatic carbocycles. The van der Waals surface area contributed by atoms with Gasteiger partial charge in [-0.1, -0.05) is 26.1 Å². The van der Waals surface area contributed by atoms with Crippen molar-refractivity contribution in [2.45, 2.75) is 12.5 Å². The smallest absolute Gasteiger partial charge is 0.284 e. The summed E-state index contributed by atoms with van der Waals surface area (Å²) < 4.78 is 10.7. The minimum Gasteiger partial charge on any atom is -0.369 e. The Morgan fingerprint density at radius 1 is 0.443 bits per heavy atom. The standard InChI is InChI=1S/C53H38N30O5/c1-76-12-24(47(87)64-51(76)56)28-14-79(71-66-28)33-4-19-34(80-15-29(67-72-80)25-13-77(2)52(57)65-48(25)88)5-21-35(81-16-30(68-73-81)26-9-39(84)61-49(54)59-26)6-22-36(82-17-31(69-74-82)27-10-40(85)62-50(55)60-27)7-23-37(8-20(33)43-42(19)44(21)45(22)46(23)43)83-18-32(70-75-83)38-11-41(86)63-53(58)78(38)3/h4-10,12-18,38H,11H2,1-3H3,(H2,56,64,87)(H2,57,65,88)(H2,58,63,86)(H3,54,59,61,84)(H3,55,60,62,85). The summed E-state index contributed by atoms with van der Waals surface area (Å²) in [6.45, 7) is 0. The highest BCUT2D eigenvalue weighted by atomic mass is 16.2. The van der Waals surface area contributed by atoms with Crippen LogP contribution >= 0.6 is 0 Å². The number of nitrogen functional groups attached to an aromatic ring is 4. The van der Waals surface area contributed by atoms with Crippen LogP contribution in [-0.2, 0) is 18.9 Å². The van der Waals surface area contributed by atoms with E-state index in [0.29, 0.717) is 88.0 Å². The van der Waals surface area contributed by atoms with Gasteiger partial charge in [-0.3, -0.25) is 29.0 Å². The quantitative estimate of drug-likeness (QED) is 0.0902. The fourth-order valence-electron chi connectivity index (χ4n) is 11.6. The van der Waals surface area contributed by atoms with Crippen LogP contribution in [0.1, 0.15) is 18.2 Å². The Morgan fingerprint density at radius 2 is 0.864 bits per heavy atom. The van der Waals surface area contributed by atoms with Gasteiger partial charge >= 0.3 is 0 Å². The van der Waals surface area contributed by atoms with Crippen molar-refractivity contribution in [3.63, 3.8) is 0 Å². The van der Waals surface area contributed by atoms with E-state index in [1.165, 1.54) is 47.7 Å². The Balaban J connectivity index is 1.05. The number of nitrogens with zero attached hydrogens (tertiary/aromatic N) is 23. The average Bonchev–Trinajstić information content (AvgIpc) is 1.58. The van der Waals surface area contributed by atoms with Crippen molar-refractivity contribution < 1.29 is 4.79 Å². The lowest BCUT2D eigenvalue weighted by Crippen LogP contribution is -2.42. The molecule has 1 amide bonds. The van der Waals surface area contributed by atoms with Crippen molar-refractivity contribution in [2.24, 2.45) is 24.8 Å². The van der Waals surface area contributed by atoms with Gasteiger partial charge in [0.05, 0.1) is 88.7 Å². The number of nitrogens with two attached hydrogens (primary N) is 5. The number of aromatic nitrogens is 23. The van der Waals surface area contributed by atoms with Crippen molar-refractivity contribution in [3.05, 3.63) is 133 Å². The minimum absolute atomic E-state index is 0.00630. The van der Waals surface area contributed by atoms with E-state index in [2.05, 4.69) is 81.2 Å². The number of rotatable bonds is 10. The molecule has 430 valence electrons. The van der Waals surface area contributed by atoms with E-state index < -0.39 is 34.2 Å². The first-order chi connectivity index (χ1) is 42.4. The van der Waals surface area contributed by atoms with Gasteiger partial charge in [0.1, 0.15) is 34.2 Å². The second kappa shape index (κ2) is 17.9. The van der Waals surface area contributed by atoms with E-state index in [1.807, 2.05) is 30.3 Å². The molecule has 35 heteroatoms. The Hall–Kier alpha value is -13.2. The summed E-state index contributed by atoms with van der Waals surface area (Å²) in [7, 11) is 5.00. The molecule has 1 unspecified atom stereocenters. The summed E-state index contributed by atoms with van der Waals surface area (Å²) in [5.74, 6) is -0.703. The minimum atomic E-state index is -0.635. The molecular formula is C53H38N30O5. The van der Waals surface area contributed by atoms with E-state index in [4.69, 9.17) is 33.9 Å². The van der Waals surface area contributed by atoms with Crippen LogP contribution in [0, 0.1) is 0 Å². The molecule has 0 radical (unpaired) electrons. The van der Waals surface area contributed by atoms with Crippen molar-refractivity contribution in [2.75, 3.05) is 30.0 Å². The largest absolute Gasteiger partial charge is 0.369 e. The molecule has 15 aromatic rings. The molecule has 10 heterocycles. The van der Waals surface area contributed by atoms with Gasteiger partial charge in [-0.25, -0.2) is 28.4 Å². The number of hydrogen-bond donors (Lipinski definition) is 7. The summed E-state index contributed by atoms with van der Waals surface area (Å²) in [6, 6.07) is 11.4. The third-order valence-electron chi connectivity index (χ3n) is 15.8. The van der Waals surface area contributed by atoms with Crippen molar-refractivity contribution in [1.29, 1.82) is 0 Å². The van der Waals surface area contributed by atoms with Gasteiger partial charge < -0.3 is 47.7 Å². The number of guanidine groups is 1. The maximum Gasteiger partial charge on any atom is 0.284 e. The Morgan fingerprint density at radius 3 is 1.34 bits per heavy atom. The van der Waals surface area contributed by atoms with E-state index in [9.17, 15) is 24.0 Å². The fraction of sp³-hybridized carbons (Fsp3) is 0.0943. The van der Waals surface area contributed by atoms with Gasteiger partial charge in [0.25, 0.3) is 28.1 Å². The Labute approximate surface area is 485 Å². The zero-order valence-electron chi connectivity index (χ0n) is 45.6. The first kappa shape index (κ1) is 50.5. The summed E-state index contributed by atoms with van der Waals surface area (Å²) in [6.07, 6.45) is 11.1. The number of hydrogen-bond acceptors (Lipinski definition) is 25. The number of amides is 1. The Bertz CT molecular complexity index is 5770. The maximum absolute atomic E-state index is 13.5. The molecule has 35 nitrogen and oxygen atoms in total. The third-order valence-corrected chi connectivity index (χ3v) is 15.8. The van der Waals surface area contributed by atoms with Gasteiger partial charge in [0.15, 0.2) is 5.96 Å². The fourth-order valence-corrected chi connectivity index (χ4v) is 11.6. The number of anilines is 4. The molecule has 0 saturated heterocycles. The van der Waals surface area contributed by atoms with Crippen LogP contribution in [-0.4, -0.2) is 138 Å². The molecule has 0 spiro atoms. The third kappa shape index (κ3) is 7.48. The van der Waals surface area contributed by atoms with E-state index in [-0.39, 0.29) is 81.5 Å². The van der Waals surface area contributed by atoms with E-state index in [0.717, 1.165) is 0 Å². The molecular weight excluding hydrogens is 1140 g/mol. The highest BCUT2D eigenvalue weighted by Gasteiger charge is 2.33. The summed E-state index contributed by atoms with van der Waals surface area (Å²) in [5, 5.41) is 52.4. The number of carbonyl (C=O) groups is 1. The van der Waals surface area contributed by atoms with Crippen LogP contribution < -0.4 is 50.9 Å². The van der Waals surface area contributed by atoms with Gasteiger partial charge in [-0.05, 0) is 30.3 Å². The molecule has 9 aromatic heterocycles. The predicted octanol–water partition coefficient (Wildman–Crippen LogP) is 0.238. The maximum atomic E-state index is 13.5. The van der Waals surface area contributed by atoms with Crippen LogP contribution in [0.3, 0.4) is 0 Å². The number of aryl methyl sites for hydroxylation is 2. The van der Waals surface area contributed by atoms with E-state index in [1.54, 1.807) is 66.4 Å². The van der Waals surface area contributed by atoms with Crippen LogP contribution in [0.5, 0.6) is 0 Å². The lowest BCUT2D eigenvalue weighted by atomic mass is 9.95. The molecule has 0 fully saturated rings. The van der Waals surface area contributed by atoms with Crippen LogP contribution in [0.4, 0.5) is 23.8 Å². The zero-order valence-corrected chi connectivity index (χ0v) is 45.6. The highest BCUT2D eigenvalue weighted by Crippen LogP contribution is 2.54. The summed E-state index contributed by atoms with van der Waals surface area (Å²) in [4.78, 5) is 92.5. The monoisotopic (exact) mass is 1170 g/mol. The predicted molar refractivity (Wildman–Crippen MR) is 316 cm³/mol. The topological polar surface area (TPSA) is 478 Å². The second-order valence-electron chi connectivity index (χ2n) is 21.0. The molecule has 1 aliphatic heterocycles. The Kier molecular flexibility index (Phi) is 10.3. The van der Waals surface area contributed by atoms with Gasteiger partial charge in [-0.2, -0.15) is 19.9 Å². The second-order valence-corrected chi connectivity index (χ2v) is 21.0. The van der Waals surface area contributed by atoms with Crippen molar-refractivity contribution >= 4 is 89.5 Å². The summed E-state index contributed by atoms with van der Waals surface area (Å²) >= 11 is 0. The van der Waals surface area contributed by atoms with Gasteiger partial charge in [0.2, 0.25) is 23.8 Å². The number of aromatic amines is 2. The molecule has 88 heavy (non-hydrogen) atoms. The summed E-state index contributed by atoms with van der Waals surface area (Å²) in [5.41, 5.74) is 32.1. The molecule has 0 bridgehead atoms. The lowest BCUT2D eigenvalue weighted by Gasteiger charge is -2.29. The number of carbonyl (C=O) groups excluding carboxylic acids is 1. The normalized spacial score (nSPS) is 13.9. The van der Waals surface area contributed by atoms with Gasteiger partial charge in [0, 0.05) is 99.5 Å². The molecule has 0 saturated carbocycles. The number of nitrogens with one attached hydrogen (secondary N) is 2. The van der Waals surface area contributed by atoms with Gasteiger partial charge in [-0.15, -0.1) is 25.5 Å². The van der Waals surface area contributed by atoms with Crippen LogP contribution in [0.15, 0.2) is 110 Å². The molecule has 12 N–H and O–H groups in total. The average molecular weight is 1180 g/mol. The van der Waals surface area contributed by atoms with Crippen LogP contribution in [0.25, 0.3) is 128 Å². The number of aliphatic imine (C=N–C) groups is 1. The number of benzene rings is 5. The molecule has 6 aromatic carbocycles. The molecule has 1 atom stereocenters. The first-order valence-electron chi connectivity index (χ1n) is 26.4. The SMILES string of the molecule is CN1C(N)=NC(=O)CC1c1cn(-c2cc3c(-n4cc(-c5cn(C)c(N)nc5=O)nn4)cc4c(-n5cc(-c6cn(C)c(N)nc6=O)nn5)cc5c(-n6cc(-c7cc(=O)[nH]c(N)n7)nn6)cc6c(-n7cc(-c8cc(=O)nc(N)[nH]8)nn7)cc2c2c6c5c4c32)nn1. The molecule has 1 aliphatic rings. The first-order valence-corrected chi connectivity index (χ1v) is 26.4. The van der Waals surface area contributed by atoms with Crippen LogP contribution in [0.2, 0.25) is 0 Å². The van der Waals surface area contributed by atoms with Crippen molar-refractivity contribution in [3.8, 4) is 73.7 Å². The molecule has 16 rings (SSSR count).